The molecular formula is C17H17IO3. The van der Waals surface area contributed by atoms with Gasteiger partial charge in [0, 0.05) is 3.57 Å². The van der Waals surface area contributed by atoms with Gasteiger partial charge in [-0.25, -0.2) is 0 Å². The van der Waals surface area contributed by atoms with Crippen LogP contribution in [0.1, 0.15) is 13.3 Å². The second-order valence-corrected chi connectivity index (χ2v) is 5.68. The number of hydrogen-bond donors (Lipinski definition) is 0. The number of esters is 1. The third-order valence-corrected chi connectivity index (χ3v) is 3.63. The van der Waals surface area contributed by atoms with E-state index in [1.54, 1.807) is 6.92 Å². The van der Waals surface area contributed by atoms with Crippen molar-refractivity contribution in [2.24, 2.45) is 0 Å². The molecule has 0 bridgehead atoms. The SMILES string of the molecule is CCOC(=O)CCOc1ccc(-c2ccc(I)cc2)cc1. The lowest BCUT2D eigenvalue weighted by Crippen LogP contribution is -2.09. The quantitative estimate of drug-likeness (QED) is 0.540. The lowest BCUT2D eigenvalue weighted by molar-refractivity contribution is -0.143. The molecule has 2 rings (SSSR count). The van der Waals surface area contributed by atoms with Crippen molar-refractivity contribution < 1.29 is 14.3 Å². The van der Waals surface area contributed by atoms with E-state index < -0.39 is 0 Å². The largest absolute Gasteiger partial charge is 0.493 e. The molecule has 0 saturated heterocycles. The van der Waals surface area contributed by atoms with Crippen LogP contribution in [-0.4, -0.2) is 19.2 Å². The summed E-state index contributed by atoms with van der Waals surface area (Å²) in [4.78, 5) is 11.2. The lowest BCUT2D eigenvalue weighted by atomic mass is 10.1. The Hall–Kier alpha value is -1.56. The van der Waals surface area contributed by atoms with E-state index in [0.717, 1.165) is 11.3 Å². The van der Waals surface area contributed by atoms with Gasteiger partial charge in [-0.3, -0.25) is 4.79 Å². The molecule has 0 saturated carbocycles. The highest BCUT2D eigenvalue weighted by atomic mass is 127. The fourth-order valence-corrected chi connectivity index (χ4v) is 2.23. The van der Waals surface area contributed by atoms with Crippen LogP contribution in [-0.2, 0) is 9.53 Å². The van der Waals surface area contributed by atoms with Gasteiger partial charge in [0.05, 0.1) is 19.6 Å². The Morgan fingerprint density at radius 3 is 2.14 bits per heavy atom. The van der Waals surface area contributed by atoms with Gasteiger partial charge < -0.3 is 9.47 Å². The van der Waals surface area contributed by atoms with Gasteiger partial charge in [-0.05, 0) is 64.9 Å². The molecule has 0 amide bonds. The molecule has 0 aliphatic rings. The van der Waals surface area contributed by atoms with Gasteiger partial charge in [0.2, 0.25) is 0 Å². The molecule has 0 N–H and O–H groups in total. The average molecular weight is 396 g/mol. The van der Waals surface area contributed by atoms with Crippen molar-refractivity contribution in [3.05, 3.63) is 52.1 Å². The van der Waals surface area contributed by atoms with Crippen LogP contribution in [0.5, 0.6) is 5.75 Å². The highest BCUT2D eigenvalue weighted by molar-refractivity contribution is 14.1. The number of halogens is 1. The molecule has 21 heavy (non-hydrogen) atoms. The molecule has 110 valence electrons. The van der Waals surface area contributed by atoms with E-state index in [1.165, 1.54) is 9.13 Å². The van der Waals surface area contributed by atoms with Crippen molar-refractivity contribution in [2.45, 2.75) is 13.3 Å². The molecule has 0 heterocycles. The van der Waals surface area contributed by atoms with E-state index in [9.17, 15) is 4.79 Å². The first-order chi connectivity index (χ1) is 10.2. The van der Waals surface area contributed by atoms with Crippen LogP contribution in [0.3, 0.4) is 0 Å². The van der Waals surface area contributed by atoms with E-state index >= 15 is 0 Å². The number of benzene rings is 2. The van der Waals surface area contributed by atoms with Crippen molar-refractivity contribution in [3.8, 4) is 16.9 Å². The van der Waals surface area contributed by atoms with Crippen LogP contribution in [0.4, 0.5) is 0 Å². The van der Waals surface area contributed by atoms with Crippen LogP contribution in [0.25, 0.3) is 11.1 Å². The first-order valence-corrected chi connectivity index (χ1v) is 7.91. The minimum Gasteiger partial charge on any atom is -0.493 e. The molecule has 0 aliphatic heterocycles. The van der Waals surface area contributed by atoms with Gasteiger partial charge in [0.1, 0.15) is 5.75 Å². The maximum atomic E-state index is 11.2. The molecule has 0 atom stereocenters. The Labute approximate surface area is 138 Å². The highest BCUT2D eigenvalue weighted by Crippen LogP contribution is 2.23. The smallest absolute Gasteiger partial charge is 0.309 e. The fraction of sp³-hybridized carbons (Fsp3) is 0.235. The van der Waals surface area contributed by atoms with E-state index in [2.05, 4.69) is 46.9 Å². The Morgan fingerprint density at radius 2 is 1.57 bits per heavy atom. The first-order valence-electron chi connectivity index (χ1n) is 6.83. The van der Waals surface area contributed by atoms with Crippen LogP contribution >= 0.6 is 22.6 Å². The monoisotopic (exact) mass is 396 g/mol. The fourth-order valence-electron chi connectivity index (χ4n) is 1.87. The number of carbonyl (C=O) groups excluding carboxylic acids is 1. The van der Waals surface area contributed by atoms with Crippen molar-refractivity contribution in [2.75, 3.05) is 13.2 Å². The standard InChI is InChI=1S/C17H17IO3/c1-2-20-17(19)11-12-21-16-9-5-14(6-10-16)13-3-7-15(18)8-4-13/h3-10H,2,11-12H2,1H3. The van der Waals surface area contributed by atoms with Crippen molar-refractivity contribution >= 4 is 28.6 Å². The number of carbonyl (C=O) groups is 1. The van der Waals surface area contributed by atoms with E-state index in [1.807, 2.05) is 24.3 Å². The topological polar surface area (TPSA) is 35.5 Å². The molecule has 0 aromatic heterocycles. The van der Waals surface area contributed by atoms with Crippen molar-refractivity contribution in [1.29, 1.82) is 0 Å². The second kappa shape index (κ2) is 8.02. The summed E-state index contributed by atoms with van der Waals surface area (Å²) in [5.74, 6) is 0.529. The normalized spacial score (nSPS) is 10.2. The minimum absolute atomic E-state index is 0.229. The summed E-state index contributed by atoms with van der Waals surface area (Å²) >= 11 is 2.29. The molecule has 0 fully saturated rings. The summed E-state index contributed by atoms with van der Waals surface area (Å²) in [6.07, 6.45) is 0.271. The Kier molecular flexibility index (Phi) is 6.04. The third kappa shape index (κ3) is 5.04. The molecule has 0 unspecified atom stereocenters. The summed E-state index contributed by atoms with van der Waals surface area (Å²) < 4.78 is 11.6. The lowest BCUT2D eigenvalue weighted by Gasteiger charge is -2.07. The molecule has 3 nitrogen and oxygen atoms in total. The van der Waals surface area contributed by atoms with Gasteiger partial charge >= 0.3 is 5.97 Å². The molecular weight excluding hydrogens is 379 g/mol. The number of hydrogen-bond acceptors (Lipinski definition) is 3. The summed E-state index contributed by atoms with van der Waals surface area (Å²) in [5, 5.41) is 0. The maximum absolute atomic E-state index is 11.2. The Bertz CT molecular complexity index is 576. The Balaban J connectivity index is 1.90. The zero-order chi connectivity index (χ0) is 15.1. The molecule has 0 radical (unpaired) electrons. The highest BCUT2D eigenvalue weighted by Gasteiger charge is 2.03. The van der Waals surface area contributed by atoms with Gasteiger partial charge in [0.25, 0.3) is 0 Å². The predicted molar refractivity (Wildman–Crippen MR) is 91.3 cm³/mol. The Morgan fingerprint density at radius 1 is 1.00 bits per heavy atom. The van der Waals surface area contributed by atoms with E-state index in [-0.39, 0.29) is 12.4 Å². The number of rotatable bonds is 6. The van der Waals surface area contributed by atoms with Gasteiger partial charge in [-0.15, -0.1) is 0 Å². The zero-order valence-electron chi connectivity index (χ0n) is 11.8. The minimum atomic E-state index is -0.229. The first kappa shape index (κ1) is 15.8. The average Bonchev–Trinajstić information content (AvgIpc) is 2.49. The van der Waals surface area contributed by atoms with Crippen molar-refractivity contribution in [3.63, 3.8) is 0 Å². The second-order valence-electron chi connectivity index (χ2n) is 4.43. The van der Waals surface area contributed by atoms with Crippen LogP contribution < -0.4 is 4.74 Å². The third-order valence-electron chi connectivity index (χ3n) is 2.91. The summed E-state index contributed by atoms with van der Waals surface area (Å²) in [6, 6.07) is 16.2. The molecule has 2 aromatic rings. The van der Waals surface area contributed by atoms with Gasteiger partial charge in [-0.2, -0.15) is 0 Å². The van der Waals surface area contributed by atoms with Gasteiger partial charge in [-0.1, -0.05) is 24.3 Å². The van der Waals surface area contributed by atoms with Crippen LogP contribution in [0.15, 0.2) is 48.5 Å². The maximum Gasteiger partial charge on any atom is 0.309 e. The summed E-state index contributed by atoms with van der Waals surface area (Å²) in [5.41, 5.74) is 2.32. The van der Waals surface area contributed by atoms with E-state index in [0.29, 0.717) is 13.2 Å². The summed E-state index contributed by atoms with van der Waals surface area (Å²) in [7, 11) is 0. The van der Waals surface area contributed by atoms with Gasteiger partial charge in [0.15, 0.2) is 0 Å². The van der Waals surface area contributed by atoms with Crippen LogP contribution in [0, 0.1) is 3.57 Å². The molecule has 4 heteroatoms. The molecule has 0 spiro atoms. The van der Waals surface area contributed by atoms with Crippen LogP contribution in [0.2, 0.25) is 0 Å². The zero-order valence-corrected chi connectivity index (χ0v) is 14.0. The molecule has 2 aromatic carbocycles. The van der Waals surface area contributed by atoms with Crippen molar-refractivity contribution in [1.82, 2.24) is 0 Å². The predicted octanol–water partition coefficient (Wildman–Crippen LogP) is 4.29. The molecule has 0 aliphatic carbocycles. The van der Waals surface area contributed by atoms with E-state index in [4.69, 9.17) is 9.47 Å². The summed E-state index contributed by atoms with van der Waals surface area (Å²) in [6.45, 7) is 2.54. The number of ether oxygens (including phenoxy) is 2.